The van der Waals surface area contributed by atoms with Gasteiger partial charge in [0, 0.05) is 10.8 Å². The lowest BCUT2D eigenvalue weighted by molar-refractivity contribution is 0.138. The monoisotopic (exact) mass is 298 g/mol. The molecule has 0 N–H and O–H groups in total. The summed E-state index contributed by atoms with van der Waals surface area (Å²) in [7, 11) is 0. The third-order valence-corrected chi connectivity index (χ3v) is 6.95. The van der Waals surface area contributed by atoms with E-state index in [1.54, 1.807) is 0 Å². The van der Waals surface area contributed by atoms with Crippen molar-refractivity contribution in [3.05, 3.63) is 94.2 Å². The molecule has 0 amide bonds. The number of fused-ring (bicyclic) bond motifs is 5. The van der Waals surface area contributed by atoms with Crippen molar-refractivity contribution in [1.82, 2.24) is 0 Å². The van der Waals surface area contributed by atoms with E-state index < -0.39 is 0 Å². The zero-order valence-corrected chi connectivity index (χ0v) is 13.3. The minimum atomic E-state index is -0.0110. The Morgan fingerprint density at radius 2 is 1.61 bits per heavy atom. The molecule has 0 spiro atoms. The van der Waals surface area contributed by atoms with Crippen LogP contribution in [0.2, 0.25) is 0 Å². The Morgan fingerprint density at radius 3 is 2.52 bits per heavy atom. The Morgan fingerprint density at radius 1 is 0.826 bits per heavy atom. The second kappa shape index (κ2) is 3.52. The molecule has 1 heteroatoms. The van der Waals surface area contributed by atoms with E-state index in [1.165, 1.54) is 33.4 Å². The van der Waals surface area contributed by atoms with Crippen molar-refractivity contribution in [2.75, 3.05) is 0 Å². The van der Waals surface area contributed by atoms with Crippen molar-refractivity contribution in [2.24, 2.45) is 10.8 Å². The Bertz CT molecular complexity index is 927. The molecule has 0 aromatic carbocycles. The summed E-state index contributed by atoms with van der Waals surface area (Å²) in [5.74, 6) is 0. The number of hydrogen-bond acceptors (Lipinski definition) is 1. The SMILES string of the molecule is C[C@]12C3=CC=CC1=CC=C1C=C4C(=C(C=C3)[C@@]12C)[C@@H]1C=C[C@H]4O1. The molecule has 4 aliphatic carbocycles. The van der Waals surface area contributed by atoms with Crippen LogP contribution < -0.4 is 0 Å². The fourth-order valence-electron chi connectivity index (χ4n) is 5.47. The summed E-state index contributed by atoms with van der Waals surface area (Å²) in [4.78, 5) is 0. The fourth-order valence-corrected chi connectivity index (χ4v) is 5.47. The second-order valence-corrected chi connectivity index (χ2v) is 7.60. The van der Waals surface area contributed by atoms with Gasteiger partial charge in [-0.25, -0.2) is 0 Å². The molecular weight excluding hydrogens is 280 g/mol. The van der Waals surface area contributed by atoms with Gasteiger partial charge in [0.05, 0.1) is 0 Å². The third kappa shape index (κ3) is 1.10. The highest BCUT2D eigenvalue weighted by Gasteiger charge is 2.58. The molecule has 0 unspecified atom stereocenters. The lowest BCUT2D eigenvalue weighted by Crippen LogP contribution is -2.48. The van der Waals surface area contributed by atoms with Crippen LogP contribution in [0.1, 0.15) is 13.8 Å². The molecular formula is C22H18O. The number of ether oxygens (including phenoxy) is 1. The van der Waals surface area contributed by atoms with Crippen LogP contribution in [0.15, 0.2) is 94.2 Å². The van der Waals surface area contributed by atoms with E-state index in [9.17, 15) is 0 Å². The van der Waals surface area contributed by atoms with Gasteiger partial charge in [-0.05, 0) is 33.4 Å². The zero-order chi connectivity index (χ0) is 15.4. The van der Waals surface area contributed by atoms with Gasteiger partial charge in [0.25, 0.3) is 0 Å². The maximum Gasteiger partial charge on any atom is 0.103 e. The topological polar surface area (TPSA) is 9.23 Å². The maximum absolute atomic E-state index is 6.14. The second-order valence-electron chi connectivity index (χ2n) is 7.60. The predicted octanol–water partition coefficient (Wildman–Crippen LogP) is 4.51. The average Bonchev–Trinajstić information content (AvgIpc) is 3.14. The summed E-state index contributed by atoms with van der Waals surface area (Å²) >= 11 is 0. The van der Waals surface area contributed by atoms with E-state index in [1.807, 2.05) is 0 Å². The molecule has 2 heterocycles. The van der Waals surface area contributed by atoms with E-state index >= 15 is 0 Å². The van der Waals surface area contributed by atoms with E-state index in [4.69, 9.17) is 4.74 Å². The molecule has 112 valence electrons. The van der Waals surface area contributed by atoms with Crippen LogP contribution in [0.5, 0.6) is 0 Å². The first-order chi connectivity index (χ1) is 11.1. The molecule has 1 fully saturated rings. The Hall–Kier alpha value is -2.12. The highest BCUT2D eigenvalue weighted by atomic mass is 16.5. The lowest BCUT2D eigenvalue weighted by Gasteiger charge is -2.56. The van der Waals surface area contributed by atoms with Gasteiger partial charge >= 0.3 is 0 Å². The van der Waals surface area contributed by atoms with Gasteiger partial charge in [-0.3, -0.25) is 0 Å². The molecule has 4 atom stereocenters. The van der Waals surface area contributed by atoms with Gasteiger partial charge in [-0.1, -0.05) is 74.6 Å². The van der Waals surface area contributed by atoms with Gasteiger partial charge in [0.1, 0.15) is 12.2 Å². The zero-order valence-electron chi connectivity index (χ0n) is 13.3. The summed E-state index contributed by atoms with van der Waals surface area (Å²) < 4.78 is 6.14. The number of hydrogen-bond donors (Lipinski definition) is 0. The van der Waals surface area contributed by atoms with Crippen LogP contribution in [0, 0.1) is 10.8 Å². The molecule has 23 heavy (non-hydrogen) atoms. The molecule has 1 nitrogen and oxygen atoms in total. The Kier molecular flexibility index (Phi) is 1.88. The number of allylic oxidation sites excluding steroid dienone is 12. The van der Waals surface area contributed by atoms with Crippen LogP contribution in [-0.2, 0) is 4.74 Å². The normalized spacial score (nSPS) is 43.7. The van der Waals surface area contributed by atoms with Crippen molar-refractivity contribution >= 4 is 0 Å². The highest BCUT2D eigenvalue weighted by Crippen LogP contribution is 2.67. The van der Waals surface area contributed by atoms with Gasteiger partial charge in [0.15, 0.2) is 0 Å². The molecule has 6 rings (SSSR count). The molecule has 1 saturated heterocycles. The summed E-state index contributed by atoms with van der Waals surface area (Å²) in [6.45, 7) is 4.83. The van der Waals surface area contributed by atoms with Crippen LogP contribution in [0.4, 0.5) is 0 Å². The first-order valence-corrected chi connectivity index (χ1v) is 8.44. The van der Waals surface area contributed by atoms with Crippen molar-refractivity contribution in [3.8, 4) is 0 Å². The van der Waals surface area contributed by atoms with Gasteiger partial charge in [-0.15, -0.1) is 0 Å². The first kappa shape index (κ1) is 12.3. The lowest BCUT2D eigenvalue weighted by atomic mass is 9.45. The summed E-state index contributed by atoms with van der Waals surface area (Å²) in [6.07, 6.45) is 23.2. The molecule has 0 saturated carbocycles. The quantitative estimate of drug-likeness (QED) is 0.598. The molecule has 6 aliphatic rings. The first-order valence-electron chi connectivity index (χ1n) is 8.44. The fraction of sp³-hybridized carbons (Fsp3) is 0.273. The van der Waals surface area contributed by atoms with Crippen molar-refractivity contribution in [1.29, 1.82) is 0 Å². The summed E-state index contributed by atoms with van der Waals surface area (Å²) in [5.41, 5.74) is 8.51. The van der Waals surface area contributed by atoms with Crippen LogP contribution in [-0.4, -0.2) is 12.2 Å². The Labute approximate surface area is 136 Å². The molecule has 0 aromatic rings. The van der Waals surface area contributed by atoms with E-state index in [2.05, 4.69) is 74.6 Å². The predicted molar refractivity (Wildman–Crippen MR) is 91.7 cm³/mol. The minimum absolute atomic E-state index is 0.0104. The van der Waals surface area contributed by atoms with E-state index in [-0.39, 0.29) is 23.0 Å². The van der Waals surface area contributed by atoms with Gasteiger partial charge < -0.3 is 4.74 Å². The smallest absolute Gasteiger partial charge is 0.103 e. The minimum Gasteiger partial charge on any atom is -0.357 e. The van der Waals surface area contributed by atoms with Crippen molar-refractivity contribution in [2.45, 2.75) is 26.1 Å². The molecule has 0 aromatic heterocycles. The average molecular weight is 298 g/mol. The van der Waals surface area contributed by atoms with E-state index in [0.29, 0.717) is 0 Å². The maximum atomic E-state index is 6.14. The van der Waals surface area contributed by atoms with Crippen LogP contribution in [0.3, 0.4) is 0 Å². The van der Waals surface area contributed by atoms with Gasteiger partial charge in [0.2, 0.25) is 0 Å². The molecule has 2 aliphatic heterocycles. The van der Waals surface area contributed by atoms with Gasteiger partial charge in [-0.2, -0.15) is 0 Å². The van der Waals surface area contributed by atoms with Crippen molar-refractivity contribution in [3.63, 3.8) is 0 Å². The Balaban J connectivity index is 1.76. The van der Waals surface area contributed by atoms with E-state index in [0.717, 1.165) is 0 Å². The van der Waals surface area contributed by atoms with Crippen molar-refractivity contribution < 1.29 is 4.74 Å². The standard InChI is InChI=1S/C22H18O/c1-21-13-4-3-5-14(21)8-9-17-20-16(18-10-11-19(20)23-18)12-15(7-6-13)22(17,21)2/h3-12,18-19H,1-2H3/t18-,19+,21-,22-/m1/s1. The number of rotatable bonds is 0. The molecule has 2 bridgehead atoms. The third-order valence-electron chi connectivity index (χ3n) is 6.95. The summed E-state index contributed by atoms with van der Waals surface area (Å²) in [6, 6.07) is 0. The molecule has 0 radical (unpaired) electrons. The largest absolute Gasteiger partial charge is 0.357 e. The van der Waals surface area contributed by atoms with Crippen LogP contribution >= 0.6 is 0 Å². The van der Waals surface area contributed by atoms with Crippen LogP contribution in [0.25, 0.3) is 0 Å². The summed E-state index contributed by atoms with van der Waals surface area (Å²) in [5, 5.41) is 0. The highest BCUT2D eigenvalue weighted by molar-refractivity contribution is 5.72.